The number of carbonyl (C=O) groups excluding carboxylic acids is 1. The van der Waals surface area contributed by atoms with Gasteiger partial charge in [0.25, 0.3) is 0 Å². The van der Waals surface area contributed by atoms with Crippen LogP contribution in [0.25, 0.3) is 0 Å². The topological polar surface area (TPSA) is 63.2 Å². The van der Waals surface area contributed by atoms with Crippen LogP contribution >= 0.6 is 0 Å². The van der Waals surface area contributed by atoms with Crippen LogP contribution in [0.4, 0.5) is 0 Å². The maximum Gasteiger partial charge on any atom is 0.241 e. The minimum absolute atomic E-state index is 0.104. The number of hydrogen-bond donors (Lipinski definition) is 1. The summed E-state index contributed by atoms with van der Waals surface area (Å²) in [6.45, 7) is 7.08. The molecule has 5 heteroatoms. The van der Waals surface area contributed by atoms with Gasteiger partial charge in [-0.25, -0.2) is 8.42 Å². The molecule has 142 valence electrons. The van der Waals surface area contributed by atoms with Gasteiger partial charge in [0.1, 0.15) is 0 Å². The third-order valence-electron chi connectivity index (χ3n) is 4.36. The highest BCUT2D eigenvalue weighted by Crippen LogP contribution is 2.20. The molecule has 0 aliphatic heterocycles. The summed E-state index contributed by atoms with van der Waals surface area (Å²) in [4.78, 5) is 11.7. The van der Waals surface area contributed by atoms with E-state index < -0.39 is 16.1 Å². The van der Waals surface area contributed by atoms with Crippen LogP contribution in [0.5, 0.6) is 0 Å². The van der Waals surface area contributed by atoms with Gasteiger partial charge < -0.3 is 0 Å². The maximum atomic E-state index is 12.8. The molecular formula is C22H25NO3S. The Morgan fingerprint density at radius 2 is 1.67 bits per heavy atom. The highest BCUT2D eigenvalue weighted by molar-refractivity contribution is 7.89. The Balaban J connectivity index is 2.43. The van der Waals surface area contributed by atoms with Gasteiger partial charge in [0.2, 0.25) is 10.0 Å². The Hall–Kier alpha value is -2.46. The van der Waals surface area contributed by atoms with E-state index in [0.29, 0.717) is 5.57 Å². The van der Waals surface area contributed by atoms with E-state index in [1.165, 1.54) is 12.5 Å². The summed E-state index contributed by atoms with van der Waals surface area (Å²) in [5, 5.41) is 0. The van der Waals surface area contributed by atoms with E-state index in [1.54, 1.807) is 37.3 Å². The SMILES string of the molecule is CCc1ccc(C(C=C=C(C)C(C)=O)NS(=O)(=O)c2ccc(C)cc2)cc1. The molecule has 2 rings (SSSR count). The first-order chi connectivity index (χ1) is 12.7. The number of sulfonamides is 1. The maximum absolute atomic E-state index is 12.8. The van der Waals surface area contributed by atoms with E-state index in [4.69, 9.17) is 0 Å². The summed E-state index contributed by atoms with van der Waals surface area (Å²) < 4.78 is 28.3. The van der Waals surface area contributed by atoms with E-state index in [-0.39, 0.29) is 10.7 Å². The van der Waals surface area contributed by atoms with Gasteiger partial charge in [-0.1, -0.05) is 48.9 Å². The zero-order valence-electron chi connectivity index (χ0n) is 16.1. The van der Waals surface area contributed by atoms with E-state index in [9.17, 15) is 13.2 Å². The van der Waals surface area contributed by atoms with Crippen molar-refractivity contribution in [2.24, 2.45) is 0 Å². The van der Waals surface area contributed by atoms with E-state index in [1.807, 2.05) is 31.2 Å². The zero-order chi connectivity index (χ0) is 20.0. The van der Waals surface area contributed by atoms with Crippen molar-refractivity contribution in [3.63, 3.8) is 0 Å². The largest absolute Gasteiger partial charge is 0.294 e. The van der Waals surface area contributed by atoms with Crippen molar-refractivity contribution in [2.75, 3.05) is 0 Å². The number of nitrogens with one attached hydrogen (secondary N) is 1. The molecule has 0 heterocycles. The summed E-state index contributed by atoms with van der Waals surface area (Å²) >= 11 is 0. The second-order valence-corrected chi connectivity index (χ2v) is 8.21. The summed E-state index contributed by atoms with van der Waals surface area (Å²) in [5.74, 6) is -0.104. The molecule has 0 saturated carbocycles. The fourth-order valence-electron chi connectivity index (χ4n) is 2.42. The molecule has 0 aromatic heterocycles. The van der Waals surface area contributed by atoms with Crippen LogP contribution in [0.15, 0.2) is 70.8 Å². The predicted molar refractivity (Wildman–Crippen MR) is 108 cm³/mol. The van der Waals surface area contributed by atoms with Crippen LogP contribution in [0.3, 0.4) is 0 Å². The Morgan fingerprint density at radius 3 is 2.19 bits per heavy atom. The molecule has 1 atom stereocenters. The second kappa shape index (κ2) is 8.96. The molecule has 0 amide bonds. The minimum atomic E-state index is -3.72. The molecule has 0 spiro atoms. The number of benzene rings is 2. The predicted octanol–water partition coefficient (Wildman–Crippen LogP) is 4.27. The lowest BCUT2D eigenvalue weighted by Crippen LogP contribution is -2.27. The molecular weight excluding hydrogens is 358 g/mol. The number of rotatable bonds is 7. The first-order valence-corrected chi connectivity index (χ1v) is 10.3. The summed E-state index contributed by atoms with van der Waals surface area (Å²) in [7, 11) is -3.72. The standard InChI is InChI=1S/C22H25NO3S/c1-5-19-9-11-20(12-10-19)22(15-8-17(3)18(4)24)23-27(25,26)21-13-6-16(2)7-14-21/h6-7,9-15,22-23H,5H2,1-4H3. The van der Waals surface area contributed by atoms with Gasteiger partial charge in [-0.3, -0.25) is 4.79 Å². The molecule has 1 N–H and O–H groups in total. The fraction of sp³-hybridized carbons (Fsp3) is 0.273. The Labute approximate surface area is 161 Å². The van der Waals surface area contributed by atoms with E-state index >= 15 is 0 Å². The quantitative estimate of drug-likeness (QED) is 0.574. The van der Waals surface area contributed by atoms with Gasteiger partial charge in [-0.2, -0.15) is 4.72 Å². The molecule has 27 heavy (non-hydrogen) atoms. The smallest absolute Gasteiger partial charge is 0.241 e. The van der Waals surface area contributed by atoms with Crippen molar-refractivity contribution in [3.05, 3.63) is 82.6 Å². The first-order valence-electron chi connectivity index (χ1n) is 8.85. The van der Waals surface area contributed by atoms with Crippen molar-refractivity contribution in [3.8, 4) is 0 Å². The molecule has 0 aliphatic rings. The molecule has 0 saturated heterocycles. The summed E-state index contributed by atoms with van der Waals surface area (Å²) in [6, 6.07) is 13.8. The highest BCUT2D eigenvalue weighted by Gasteiger charge is 2.19. The number of ketones is 1. The number of carbonyl (C=O) groups is 1. The molecule has 4 nitrogen and oxygen atoms in total. The van der Waals surface area contributed by atoms with Crippen LogP contribution in [-0.4, -0.2) is 14.2 Å². The minimum Gasteiger partial charge on any atom is -0.294 e. The average Bonchev–Trinajstić information content (AvgIpc) is 2.65. The van der Waals surface area contributed by atoms with E-state index in [2.05, 4.69) is 17.4 Å². The van der Waals surface area contributed by atoms with Crippen LogP contribution in [0, 0.1) is 6.92 Å². The highest BCUT2D eigenvalue weighted by atomic mass is 32.2. The third-order valence-corrected chi connectivity index (χ3v) is 5.81. The van der Waals surface area contributed by atoms with Crippen molar-refractivity contribution in [1.29, 1.82) is 0 Å². The van der Waals surface area contributed by atoms with Crippen LogP contribution < -0.4 is 4.72 Å². The van der Waals surface area contributed by atoms with Crippen LogP contribution in [-0.2, 0) is 21.2 Å². The second-order valence-electron chi connectivity index (χ2n) is 6.50. The molecule has 2 aromatic carbocycles. The number of Topliss-reactive ketones (excluding diaryl/α,β-unsaturated/α-hetero) is 1. The van der Waals surface area contributed by atoms with E-state index in [0.717, 1.165) is 17.5 Å². The van der Waals surface area contributed by atoms with Gasteiger partial charge in [0.05, 0.1) is 10.9 Å². The Morgan fingerprint density at radius 1 is 1.07 bits per heavy atom. The number of aryl methyl sites for hydroxylation is 2. The van der Waals surface area contributed by atoms with Crippen molar-refractivity contribution in [2.45, 2.75) is 45.1 Å². The van der Waals surface area contributed by atoms with Gasteiger partial charge in [-0.15, -0.1) is 5.73 Å². The lowest BCUT2D eigenvalue weighted by atomic mass is 10.0. The first kappa shape index (κ1) is 20.8. The van der Waals surface area contributed by atoms with Crippen LogP contribution in [0.1, 0.15) is 43.5 Å². The third kappa shape index (κ3) is 5.76. The monoisotopic (exact) mass is 383 g/mol. The van der Waals surface area contributed by atoms with Gasteiger partial charge in [-0.05, 0) is 56.5 Å². The molecule has 2 aromatic rings. The van der Waals surface area contributed by atoms with Gasteiger partial charge in [0.15, 0.2) is 5.78 Å². The summed E-state index contributed by atoms with van der Waals surface area (Å²) in [6.07, 6.45) is 2.49. The average molecular weight is 384 g/mol. The Bertz CT molecular complexity index is 965. The molecule has 1 unspecified atom stereocenters. The number of hydrogen-bond acceptors (Lipinski definition) is 3. The Kier molecular flexibility index (Phi) is 6.92. The summed E-state index contributed by atoms with van der Waals surface area (Å²) in [5.41, 5.74) is 6.29. The molecule has 0 radical (unpaired) electrons. The normalized spacial score (nSPS) is 12.1. The van der Waals surface area contributed by atoms with Gasteiger partial charge >= 0.3 is 0 Å². The molecule has 0 fully saturated rings. The molecule has 0 aliphatic carbocycles. The van der Waals surface area contributed by atoms with Gasteiger partial charge in [0, 0.05) is 5.57 Å². The molecule has 0 bridgehead atoms. The van der Waals surface area contributed by atoms with Crippen molar-refractivity contribution in [1.82, 2.24) is 4.72 Å². The lowest BCUT2D eigenvalue weighted by Gasteiger charge is -2.16. The fourth-order valence-corrected chi connectivity index (χ4v) is 3.59. The zero-order valence-corrected chi connectivity index (χ0v) is 16.9. The van der Waals surface area contributed by atoms with Crippen molar-refractivity contribution >= 4 is 15.8 Å². The lowest BCUT2D eigenvalue weighted by molar-refractivity contribution is -0.113. The van der Waals surface area contributed by atoms with Crippen molar-refractivity contribution < 1.29 is 13.2 Å². The van der Waals surface area contributed by atoms with Crippen LogP contribution in [0.2, 0.25) is 0 Å².